The third-order valence-electron chi connectivity index (χ3n) is 3.75. The van der Waals surface area contributed by atoms with Crippen molar-refractivity contribution in [1.82, 2.24) is 0 Å². The number of hydrogen-bond acceptors (Lipinski definition) is 5. The third kappa shape index (κ3) is 4.70. The smallest absolute Gasteiger partial charge is 0.308 e. The molecule has 0 amide bonds. The van der Waals surface area contributed by atoms with Gasteiger partial charge in [-0.05, 0) is 39.0 Å². The van der Waals surface area contributed by atoms with Gasteiger partial charge in [-0.2, -0.15) is 0 Å². The largest absolute Gasteiger partial charge is 0.426 e. The molecule has 0 fully saturated rings. The van der Waals surface area contributed by atoms with E-state index in [0.717, 1.165) is 5.56 Å². The summed E-state index contributed by atoms with van der Waals surface area (Å²) >= 11 is 0. The number of aryl methyl sites for hydroxylation is 1. The molecule has 0 heterocycles. The van der Waals surface area contributed by atoms with E-state index in [0.29, 0.717) is 11.1 Å². The van der Waals surface area contributed by atoms with E-state index in [1.807, 2.05) is 6.92 Å². The Morgan fingerprint density at radius 2 is 1.62 bits per heavy atom. The summed E-state index contributed by atoms with van der Waals surface area (Å²) in [4.78, 5) is 23.0. The van der Waals surface area contributed by atoms with E-state index >= 15 is 0 Å². The van der Waals surface area contributed by atoms with Crippen LogP contribution >= 0.6 is 0 Å². The lowest BCUT2D eigenvalue weighted by atomic mass is 10.0. The maximum absolute atomic E-state index is 12.6. The quantitative estimate of drug-likeness (QED) is 0.619. The predicted molar refractivity (Wildman–Crippen MR) is 98.9 cm³/mol. The lowest BCUT2D eigenvalue weighted by Gasteiger charge is -2.16. The number of rotatable bonds is 6. The molecule has 0 unspecified atom stereocenters. The van der Waals surface area contributed by atoms with Crippen LogP contribution in [0.2, 0.25) is 0 Å². The Balaban J connectivity index is 2.44. The highest BCUT2D eigenvalue weighted by molar-refractivity contribution is 7.92. The molecule has 0 radical (unpaired) electrons. The Kier molecular flexibility index (Phi) is 5.82. The van der Waals surface area contributed by atoms with E-state index in [2.05, 4.69) is 4.72 Å². The molecule has 2 aromatic carbocycles. The Morgan fingerprint density at radius 1 is 1.00 bits per heavy atom. The van der Waals surface area contributed by atoms with Crippen LogP contribution in [0.1, 0.15) is 30.5 Å². The first-order chi connectivity index (χ1) is 12.1. The van der Waals surface area contributed by atoms with Gasteiger partial charge in [0.15, 0.2) is 0 Å². The molecule has 26 heavy (non-hydrogen) atoms. The van der Waals surface area contributed by atoms with Gasteiger partial charge in [0.05, 0.1) is 10.6 Å². The lowest BCUT2D eigenvalue weighted by molar-refractivity contribution is -0.132. The minimum Gasteiger partial charge on any atom is -0.426 e. The summed E-state index contributed by atoms with van der Waals surface area (Å²) in [5.74, 6) is -0.431. The van der Waals surface area contributed by atoms with Gasteiger partial charge in [-0.1, -0.05) is 23.8 Å². The molecule has 2 rings (SSSR count). The normalized spacial score (nSPS) is 11.1. The van der Waals surface area contributed by atoms with Gasteiger partial charge in [0.25, 0.3) is 10.0 Å². The molecule has 0 saturated carbocycles. The van der Waals surface area contributed by atoms with Crippen molar-refractivity contribution >= 4 is 27.5 Å². The number of Topliss-reactive ketones (excluding diaryl/α,β-unsaturated/α-hetero) is 1. The Labute approximate surface area is 153 Å². The van der Waals surface area contributed by atoms with E-state index in [-0.39, 0.29) is 28.5 Å². The number of ether oxygens (including phenoxy) is 1. The third-order valence-corrected chi connectivity index (χ3v) is 5.13. The summed E-state index contributed by atoms with van der Waals surface area (Å²) in [6.07, 6.45) is 0.0917. The van der Waals surface area contributed by atoms with Crippen LogP contribution in [-0.2, 0) is 26.0 Å². The van der Waals surface area contributed by atoms with Gasteiger partial charge in [0.1, 0.15) is 11.5 Å². The number of hydrogen-bond donors (Lipinski definition) is 1. The number of esters is 1. The second-order valence-corrected chi connectivity index (χ2v) is 7.80. The number of carbonyl (C=O) groups is 2. The maximum atomic E-state index is 12.6. The first-order valence-electron chi connectivity index (χ1n) is 8.00. The molecule has 0 aliphatic heterocycles. The van der Waals surface area contributed by atoms with Crippen LogP contribution in [0.3, 0.4) is 0 Å². The second-order valence-electron chi connectivity index (χ2n) is 6.12. The average Bonchev–Trinajstić information content (AvgIpc) is 2.53. The van der Waals surface area contributed by atoms with Crippen molar-refractivity contribution in [2.75, 3.05) is 4.72 Å². The Bertz CT molecular complexity index is 947. The molecule has 2 aromatic rings. The van der Waals surface area contributed by atoms with E-state index in [1.54, 1.807) is 31.2 Å². The van der Waals surface area contributed by atoms with Crippen LogP contribution in [0.25, 0.3) is 0 Å². The molecule has 0 bridgehead atoms. The summed E-state index contributed by atoms with van der Waals surface area (Å²) < 4.78 is 32.9. The number of carbonyl (C=O) groups excluding carboxylic acids is 2. The van der Waals surface area contributed by atoms with Gasteiger partial charge >= 0.3 is 5.97 Å². The fourth-order valence-corrected chi connectivity index (χ4v) is 3.60. The van der Waals surface area contributed by atoms with Crippen LogP contribution in [0.5, 0.6) is 5.75 Å². The van der Waals surface area contributed by atoms with Crippen LogP contribution in [0.15, 0.2) is 41.3 Å². The molecule has 0 aliphatic rings. The van der Waals surface area contributed by atoms with Crippen LogP contribution in [0, 0.1) is 13.8 Å². The standard InChI is InChI=1S/C19H21NO5S/c1-12-5-8-17(9-6-12)26(23,24)20-18-10-7-16(11-13(2)21)19(14(18)3)25-15(4)22/h5-10,20H,11H2,1-4H3. The number of nitrogens with one attached hydrogen (secondary N) is 1. The predicted octanol–water partition coefficient (Wildman–Crippen LogP) is 3.16. The molecule has 0 spiro atoms. The summed E-state index contributed by atoms with van der Waals surface area (Å²) in [5.41, 5.74) is 2.21. The molecule has 0 aliphatic carbocycles. The zero-order valence-electron chi connectivity index (χ0n) is 15.1. The first kappa shape index (κ1) is 19.7. The Hall–Kier alpha value is -2.67. The van der Waals surface area contributed by atoms with Crippen molar-refractivity contribution in [2.45, 2.75) is 39.0 Å². The summed E-state index contributed by atoms with van der Waals surface area (Å²) in [6, 6.07) is 9.60. The van der Waals surface area contributed by atoms with Gasteiger partial charge in [0.2, 0.25) is 0 Å². The van der Waals surface area contributed by atoms with E-state index in [4.69, 9.17) is 4.74 Å². The number of sulfonamides is 1. The van der Waals surface area contributed by atoms with Crippen molar-refractivity contribution in [1.29, 1.82) is 0 Å². The van der Waals surface area contributed by atoms with Crippen molar-refractivity contribution in [3.05, 3.63) is 53.1 Å². The number of ketones is 1. The maximum Gasteiger partial charge on any atom is 0.308 e. The molecule has 7 heteroatoms. The van der Waals surface area contributed by atoms with Crippen LogP contribution in [-0.4, -0.2) is 20.2 Å². The zero-order valence-corrected chi connectivity index (χ0v) is 15.9. The average molecular weight is 375 g/mol. The van der Waals surface area contributed by atoms with E-state index in [1.165, 1.54) is 26.0 Å². The highest BCUT2D eigenvalue weighted by Gasteiger charge is 2.19. The van der Waals surface area contributed by atoms with E-state index in [9.17, 15) is 18.0 Å². The fraction of sp³-hybridized carbons (Fsp3) is 0.263. The topological polar surface area (TPSA) is 89.5 Å². The highest BCUT2D eigenvalue weighted by Crippen LogP contribution is 2.32. The molecule has 6 nitrogen and oxygen atoms in total. The summed E-state index contributed by atoms with van der Waals surface area (Å²) in [6.45, 7) is 6.18. The molecule has 0 aromatic heterocycles. The van der Waals surface area contributed by atoms with Crippen LogP contribution in [0.4, 0.5) is 5.69 Å². The molecule has 138 valence electrons. The summed E-state index contributed by atoms with van der Waals surface area (Å²) in [7, 11) is -3.79. The van der Waals surface area contributed by atoms with Crippen molar-refractivity contribution in [3.8, 4) is 5.75 Å². The number of benzene rings is 2. The van der Waals surface area contributed by atoms with E-state index < -0.39 is 16.0 Å². The van der Waals surface area contributed by atoms with Crippen molar-refractivity contribution in [3.63, 3.8) is 0 Å². The molecule has 0 saturated heterocycles. The fourth-order valence-electron chi connectivity index (χ4n) is 2.47. The van der Waals surface area contributed by atoms with Gasteiger partial charge in [-0.3, -0.25) is 14.3 Å². The summed E-state index contributed by atoms with van der Waals surface area (Å²) in [5, 5.41) is 0. The van der Waals surface area contributed by atoms with Gasteiger partial charge in [-0.25, -0.2) is 8.42 Å². The van der Waals surface area contributed by atoms with Gasteiger partial charge < -0.3 is 4.74 Å². The molecular weight excluding hydrogens is 354 g/mol. The zero-order chi connectivity index (χ0) is 19.5. The highest BCUT2D eigenvalue weighted by atomic mass is 32.2. The minimum absolute atomic E-state index is 0.0917. The molecule has 1 N–H and O–H groups in total. The van der Waals surface area contributed by atoms with Crippen LogP contribution < -0.4 is 9.46 Å². The number of anilines is 1. The van der Waals surface area contributed by atoms with Crippen molar-refractivity contribution in [2.24, 2.45) is 0 Å². The minimum atomic E-state index is -3.79. The SMILES string of the molecule is CC(=O)Cc1ccc(NS(=O)(=O)c2ccc(C)cc2)c(C)c1OC(C)=O. The monoisotopic (exact) mass is 375 g/mol. The van der Waals surface area contributed by atoms with Crippen molar-refractivity contribution < 1.29 is 22.7 Å². The Morgan fingerprint density at radius 3 is 2.15 bits per heavy atom. The first-order valence-corrected chi connectivity index (χ1v) is 9.48. The second kappa shape index (κ2) is 7.70. The van der Waals surface area contributed by atoms with Gasteiger partial charge in [-0.15, -0.1) is 0 Å². The molecule has 0 atom stereocenters. The van der Waals surface area contributed by atoms with Gasteiger partial charge in [0, 0.05) is 24.5 Å². The molecular formula is C19H21NO5S. The lowest BCUT2D eigenvalue weighted by Crippen LogP contribution is -2.15.